The number of allylic oxidation sites excluding steroid dienone is 3. The van der Waals surface area contributed by atoms with Crippen LogP contribution < -0.4 is 0 Å². The van der Waals surface area contributed by atoms with Crippen LogP contribution in [0.2, 0.25) is 0 Å². The molecule has 0 heterocycles. The molecule has 0 aliphatic heterocycles. The molecular formula is C11H20O2. The van der Waals surface area contributed by atoms with Crippen molar-refractivity contribution in [3.05, 3.63) is 24.8 Å². The summed E-state index contributed by atoms with van der Waals surface area (Å²) in [5.74, 6) is -0.105. The smallest absolute Gasteiger partial charge is 0.305 e. The molecule has 0 saturated heterocycles. The third-order valence-corrected chi connectivity index (χ3v) is 1.08. The van der Waals surface area contributed by atoms with Crippen molar-refractivity contribution in [1.29, 1.82) is 0 Å². The maximum absolute atomic E-state index is 10.3. The second-order valence-corrected chi connectivity index (χ2v) is 2.34. The molecule has 0 amide bonds. The minimum atomic E-state index is -0.105. The molecule has 2 nitrogen and oxygen atoms in total. The molecule has 0 saturated carbocycles. The van der Waals surface area contributed by atoms with Crippen LogP contribution in [0.3, 0.4) is 0 Å². The Labute approximate surface area is 81.3 Å². The molecule has 0 aromatic heterocycles. The zero-order chi connectivity index (χ0) is 10.5. The second kappa shape index (κ2) is 13.5. The fourth-order valence-corrected chi connectivity index (χ4v) is 0.454. The monoisotopic (exact) mass is 184 g/mol. The Hall–Kier alpha value is -1.05. The lowest BCUT2D eigenvalue weighted by Gasteiger charge is -1.97. The van der Waals surface area contributed by atoms with Gasteiger partial charge in [0.05, 0.1) is 6.61 Å². The van der Waals surface area contributed by atoms with E-state index in [0.29, 0.717) is 13.0 Å². The number of esters is 1. The van der Waals surface area contributed by atoms with Crippen LogP contribution in [0.25, 0.3) is 0 Å². The molecule has 0 aliphatic carbocycles. The van der Waals surface area contributed by atoms with Gasteiger partial charge in [-0.1, -0.05) is 38.7 Å². The Kier molecular flexibility index (Phi) is 15.1. The van der Waals surface area contributed by atoms with Gasteiger partial charge in [0.15, 0.2) is 0 Å². The Morgan fingerprint density at radius 3 is 2.31 bits per heavy atom. The Morgan fingerprint density at radius 2 is 2.08 bits per heavy atom. The van der Waals surface area contributed by atoms with E-state index in [0.717, 1.165) is 6.42 Å². The molecule has 76 valence electrons. The predicted octanol–water partition coefficient (Wildman–Crippen LogP) is 3.10. The number of rotatable bonds is 4. The minimum absolute atomic E-state index is 0.105. The van der Waals surface area contributed by atoms with E-state index < -0.39 is 0 Å². The Balaban J connectivity index is 0. The zero-order valence-electron chi connectivity index (χ0n) is 8.88. The lowest BCUT2D eigenvalue weighted by Crippen LogP contribution is -2.02. The molecule has 0 radical (unpaired) electrons. The summed E-state index contributed by atoms with van der Waals surface area (Å²) in [6, 6.07) is 0. The molecule has 0 aliphatic rings. The van der Waals surface area contributed by atoms with Crippen LogP contribution in [0, 0.1) is 0 Å². The summed E-state index contributed by atoms with van der Waals surface area (Å²) >= 11 is 0. The number of carbonyl (C=O) groups excluding carboxylic acids is 1. The summed E-state index contributed by atoms with van der Waals surface area (Å²) in [7, 11) is 0. The average Bonchev–Trinajstić information content (AvgIpc) is 2.16. The molecule has 2 heteroatoms. The number of ether oxygens (including phenoxy) is 1. The van der Waals surface area contributed by atoms with Crippen LogP contribution in [-0.2, 0) is 9.53 Å². The summed E-state index contributed by atoms with van der Waals surface area (Å²) < 4.78 is 4.70. The van der Waals surface area contributed by atoms with E-state index >= 15 is 0 Å². The SMILES string of the molecule is C=CC=CC.CCCOC(=O)CC. The molecule has 0 aromatic rings. The summed E-state index contributed by atoms with van der Waals surface area (Å²) in [5.41, 5.74) is 0. The first-order valence-electron chi connectivity index (χ1n) is 4.62. The van der Waals surface area contributed by atoms with E-state index in [1.807, 2.05) is 26.0 Å². The summed E-state index contributed by atoms with van der Waals surface area (Å²) in [4.78, 5) is 10.3. The minimum Gasteiger partial charge on any atom is -0.466 e. The van der Waals surface area contributed by atoms with E-state index in [2.05, 4.69) is 6.58 Å². The van der Waals surface area contributed by atoms with Crippen molar-refractivity contribution < 1.29 is 9.53 Å². The first-order valence-corrected chi connectivity index (χ1v) is 4.62. The quantitative estimate of drug-likeness (QED) is 0.495. The van der Waals surface area contributed by atoms with E-state index in [1.54, 1.807) is 13.0 Å². The molecule has 0 unspecified atom stereocenters. The van der Waals surface area contributed by atoms with Gasteiger partial charge in [0, 0.05) is 6.42 Å². The Morgan fingerprint density at radius 1 is 1.46 bits per heavy atom. The highest BCUT2D eigenvalue weighted by Gasteiger charge is 1.93. The van der Waals surface area contributed by atoms with Crippen LogP contribution in [-0.4, -0.2) is 12.6 Å². The van der Waals surface area contributed by atoms with Crippen molar-refractivity contribution in [2.75, 3.05) is 6.61 Å². The maximum Gasteiger partial charge on any atom is 0.305 e. The highest BCUT2D eigenvalue weighted by atomic mass is 16.5. The lowest BCUT2D eigenvalue weighted by molar-refractivity contribution is -0.143. The third-order valence-electron chi connectivity index (χ3n) is 1.08. The molecule has 0 aromatic carbocycles. The van der Waals surface area contributed by atoms with Crippen molar-refractivity contribution in [2.45, 2.75) is 33.6 Å². The normalized spacial score (nSPS) is 8.85. The van der Waals surface area contributed by atoms with Crippen LogP contribution >= 0.6 is 0 Å². The van der Waals surface area contributed by atoms with Crippen LogP contribution in [0.15, 0.2) is 24.8 Å². The zero-order valence-corrected chi connectivity index (χ0v) is 8.88. The van der Waals surface area contributed by atoms with Gasteiger partial charge in [0.1, 0.15) is 0 Å². The first-order chi connectivity index (χ1) is 6.22. The van der Waals surface area contributed by atoms with Crippen molar-refractivity contribution in [2.24, 2.45) is 0 Å². The fraction of sp³-hybridized carbons (Fsp3) is 0.545. The standard InChI is InChI=1S/C6H12O2.C5H8/c1-3-5-8-6(7)4-2;1-3-5-4-2/h3-5H2,1-2H3;3-5H,1H2,2H3. The fourth-order valence-electron chi connectivity index (χ4n) is 0.454. The van der Waals surface area contributed by atoms with Gasteiger partial charge in [-0.15, -0.1) is 0 Å². The predicted molar refractivity (Wildman–Crippen MR) is 56.6 cm³/mol. The van der Waals surface area contributed by atoms with Gasteiger partial charge < -0.3 is 4.74 Å². The van der Waals surface area contributed by atoms with Crippen molar-refractivity contribution in [3.63, 3.8) is 0 Å². The highest BCUT2D eigenvalue weighted by Crippen LogP contribution is 1.85. The van der Waals surface area contributed by atoms with Crippen LogP contribution in [0.1, 0.15) is 33.6 Å². The third kappa shape index (κ3) is 18.2. The average molecular weight is 184 g/mol. The van der Waals surface area contributed by atoms with Crippen molar-refractivity contribution in [3.8, 4) is 0 Å². The molecule has 13 heavy (non-hydrogen) atoms. The van der Waals surface area contributed by atoms with Gasteiger partial charge in [-0.2, -0.15) is 0 Å². The number of hydrogen-bond acceptors (Lipinski definition) is 2. The van der Waals surface area contributed by atoms with Crippen molar-refractivity contribution >= 4 is 5.97 Å². The van der Waals surface area contributed by atoms with Gasteiger partial charge >= 0.3 is 5.97 Å². The summed E-state index contributed by atoms with van der Waals surface area (Å²) in [6.07, 6.45) is 6.97. The summed E-state index contributed by atoms with van der Waals surface area (Å²) in [5, 5.41) is 0. The second-order valence-electron chi connectivity index (χ2n) is 2.34. The lowest BCUT2D eigenvalue weighted by atomic mass is 10.5. The molecule has 0 spiro atoms. The largest absolute Gasteiger partial charge is 0.466 e. The molecule has 0 bridgehead atoms. The van der Waals surface area contributed by atoms with Crippen LogP contribution in [0.4, 0.5) is 0 Å². The molecule has 0 fully saturated rings. The molecule has 0 atom stereocenters. The highest BCUT2D eigenvalue weighted by molar-refractivity contribution is 5.68. The molecular weight excluding hydrogens is 164 g/mol. The first kappa shape index (κ1) is 14.5. The van der Waals surface area contributed by atoms with E-state index in [4.69, 9.17) is 4.74 Å². The van der Waals surface area contributed by atoms with Crippen LogP contribution in [0.5, 0.6) is 0 Å². The number of carbonyl (C=O) groups is 1. The number of hydrogen-bond donors (Lipinski definition) is 0. The Bertz CT molecular complexity index is 148. The van der Waals surface area contributed by atoms with E-state index in [1.165, 1.54) is 0 Å². The van der Waals surface area contributed by atoms with E-state index in [-0.39, 0.29) is 5.97 Å². The van der Waals surface area contributed by atoms with Gasteiger partial charge in [0.25, 0.3) is 0 Å². The van der Waals surface area contributed by atoms with Gasteiger partial charge in [-0.05, 0) is 13.3 Å². The summed E-state index contributed by atoms with van der Waals surface area (Å²) in [6.45, 7) is 9.75. The van der Waals surface area contributed by atoms with Crippen molar-refractivity contribution in [1.82, 2.24) is 0 Å². The van der Waals surface area contributed by atoms with Gasteiger partial charge in [-0.3, -0.25) is 4.79 Å². The van der Waals surface area contributed by atoms with Gasteiger partial charge in [-0.25, -0.2) is 0 Å². The molecule has 0 N–H and O–H groups in total. The van der Waals surface area contributed by atoms with Gasteiger partial charge in [0.2, 0.25) is 0 Å². The molecule has 0 rings (SSSR count). The topological polar surface area (TPSA) is 26.3 Å². The van der Waals surface area contributed by atoms with E-state index in [9.17, 15) is 4.79 Å². The maximum atomic E-state index is 10.3.